The van der Waals surface area contributed by atoms with Gasteiger partial charge in [0, 0.05) is 26.7 Å². The summed E-state index contributed by atoms with van der Waals surface area (Å²) < 4.78 is 10.7. The minimum atomic E-state index is -0.360. The highest BCUT2D eigenvalue weighted by molar-refractivity contribution is 5.80. The summed E-state index contributed by atoms with van der Waals surface area (Å²) in [6, 6.07) is 0. The Hall–Kier alpha value is -0.650. The molecule has 5 nitrogen and oxygen atoms in total. The van der Waals surface area contributed by atoms with Gasteiger partial charge in [-0.05, 0) is 40.2 Å². The molecular weight excluding hydrogens is 244 g/mol. The van der Waals surface area contributed by atoms with Crippen molar-refractivity contribution in [3.63, 3.8) is 0 Å². The Labute approximate surface area is 116 Å². The molecule has 1 fully saturated rings. The molecule has 0 unspecified atom stereocenters. The highest BCUT2D eigenvalue weighted by atomic mass is 16.5. The monoisotopic (exact) mass is 272 g/mol. The molecule has 1 aliphatic rings. The van der Waals surface area contributed by atoms with E-state index in [-0.39, 0.29) is 12.0 Å². The largest absolute Gasteiger partial charge is 0.373 e. The van der Waals surface area contributed by atoms with Crippen LogP contribution in [0.5, 0.6) is 0 Å². The van der Waals surface area contributed by atoms with Crippen LogP contribution in [0.25, 0.3) is 0 Å². The highest BCUT2D eigenvalue weighted by Gasteiger charge is 2.21. The van der Waals surface area contributed by atoms with Crippen LogP contribution in [0.15, 0.2) is 0 Å². The van der Waals surface area contributed by atoms with E-state index in [1.54, 1.807) is 14.0 Å². The number of carbonyl (C=O) groups excluding carboxylic acids is 1. The molecule has 0 aliphatic carbocycles. The second-order valence-corrected chi connectivity index (χ2v) is 5.39. The summed E-state index contributed by atoms with van der Waals surface area (Å²) in [5.74, 6) is -0.0314. The highest BCUT2D eigenvalue weighted by Crippen LogP contribution is 2.11. The Kier molecular flexibility index (Phi) is 7.34. The maximum Gasteiger partial charge on any atom is 0.248 e. The topological polar surface area (TPSA) is 50.8 Å². The molecule has 5 heteroatoms. The molecule has 0 saturated carbocycles. The minimum Gasteiger partial charge on any atom is -0.373 e. The predicted octanol–water partition coefficient (Wildman–Crippen LogP) is 1.03. The summed E-state index contributed by atoms with van der Waals surface area (Å²) in [6.45, 7) is 9.82. The number of methoxy groups -OCH3 is 1. The fourth-order valence-corrected chi connectivity index (χ4v) is 2.39. The molecule has 0 aromatic rings. The molecule has 1 saturated heterocycles. The molecule has 0 aromatic carbocycles. The van der Waals surface area contributed by atoms with Gasteiger partial charge in [-0.25, -0.2) is 0 Å². The van der Waals surface area contributed by atoms with Crippen LogP contribution in [0, 0.1) is 0 Å². The summed E-state index contributed by atoms with van der Waals surface area (Å²) in [5.41, 5.74) is 0. The van der Waals surface area contributed by atoms with Gasteiger partial charge in [0.1, 0.15) is 6.10 Å². The average Bonchev–Trinajstić information content (AvgIpc) is 2.36. The third kappa shape index (κ3) is 6.36. The molecule has 19 heavy (non-hydrogen) atoms. The maximum atomic E-state index is 11.5. The van der Waals surface area contributed by atoms with Gasteiger partial charge in [0.15, 0.2) is 0 Å². The van der Waals surface area contributed by atoms with Crippen molar-refractivity contribution in [2.75, 3.05) is 33.3 Å². The number of hydrogen-bond donors (Lipinski definition) is 1. The van der Waals surface area contributed by atoms with Crippen molar-refractivity contribution < 1.29 is 14.3 Å². The molecule has 0 aromatic heterocycles. The van der Waals surface area contributed by atoms with Gasteiger partial charge in [-0.3, -0.25) is 9.69 Å². The van der Waals surface area contributed by atoms with Gasteiger partial charge in [-0.1, -0.05) is 0 Å². The lowest BCUT2D eigenvalue weighted by Gasteiger charge is -2.35. The average molecular weight is 272 g/mol. The van der Waals surface area contributed by atoms with Gasteiger partial charge < -0.3 is 14.8 Å². The van der Waals surface area contributed by atoms with Crippen molar-refractivity contribution >= 4 is 5.91 Å². The number of nitrogens with one attached hydrogen (secondary N) is 1. The molecule has 0 spiro atoms. The van der Waals surface area contributed by atoms with E-state index in [4.69, 9.17) is 9.47 Å². The molecule has 1 aliphatic heterocycles. The lowest BCUT2D eigenvalue weighted by atomic mass is 10.2. The first-order valence-corrected chi connectivity index (χ1v) is 7.21. The van der Waals surface area contributed by atoms with E-state index in [9.17, 15) is 4.79 Å². The van der Waals surface area contributed by atoms with Crippen LogP contribution < -0.4 is 5.32 Å². The van der Waals surface area contributed by atoms with E-state index in [2.05, 4.69) is 24.1 Å². The molecule has 3 atom stereocenters. The van der Waals surface area contributed by atoms with Crippen molar-refractivity contribution in [1.29, 1.82) is 0 Å². The zero-order valence-electron chi connectivity index (χ0n) is 12.6. The Morgan fingerprint density at radius 1 is 1.37 bits per heavy atom. The van der Waals surface area contributed by atoms with E-state index >= 15 is 0 Å². The predicted molar refractivity (Wildman–Crippen MR) is 75.2 cm³/mol. The second-order valence-electron chi connectivity index (χ2n) is 5.39. The zero-order valence-corrected chi connectivity index (χ0v) is 12.6. The summed E-state index contributed by atoms with van der Waals surface area (Å²) in [7, 11) is 1.55. The van der Waals surface area contributed by atoms with Crippen molar-refractivity contribution in [3.05, 3.63) is 0 Å². The van der Waals surface area contributed by atoms with E-state index in [0.29, 0.717) is 12.2 Å². The SMILES string of the molecule is CO[C@@H](C)C(=O)NCCCCN1C[C@H](C)O[C@@H](C)C1. The van der Waals surface area contributed by atoms with Gasteiger partial charge in [0.2, 0.25) is 5.91 Å². The summed E-state index contributed by atoms with van der Waals surface area (Å²) in [4.78, 5) is 13.9. The van der Waals surface area contributed by atoms with Crippen LogP contribution in [0.2, 0.25) is 0 Å². The molecule has 112 valence electrons. The first-order chi connectivity index (χ1) is 9.02. The normalized spacial score (nSPS) is 26.1. The fourth-order valence-electron chi connectivity index (χ4n) is 2.39. The van der Waals surface area contributed by atoms with Crippen molar-refractivity contribution in [1.82, 2.24) is 10.2 Å². The number of carbonyl (C=O) groups is 1. The lowest BCUT2D eigenvalue weighted by Crippen LogP contribution is -2.45. The Morgan fingerprint density at radius 3 is 2.58 bits per heavy atom. The number of nitrogens with zero attached hydrogens (tertiary/aromatic N) is 1. The lowest BCUT2D eigenvalue weighted by molar-refractivity contribution is -0.130. The Balaban J connectivity index is 2.06. The molecular formula is C14H28N2O3. The summed E-state index contributed by atoms with van der Waals surface area (Å²) >= 11 is 0. The number of ether oxygens (including phenoxy) is 2. The third-order valence-electron chi connectivity index (χ3n) is 3.42. The van der Waals surface area contributed by atoms with Crippen molar-refractivity contribution in [3.8, 4) is 0 Å². The Morgan fingerprint density at radius 2 is 2.00 bits per heavy atom. The molecule has 1 amide bonds. The molecule has 0 bridgehead atoms. The molecule has 1 heterocycles. The summed E-state index contributed by atoms with van der Waals surface area (Å²) in [5, 5.41) is 2.88. The number of unbranched alkanes of at least 4 members (excludes halogenated alkanes) is 1. The van der Waals surface area contributed by atoms with Gasteiger partial charge in [-0.2, -0.15) is 0 Å². The van der Waals surface area contributed by atoms with Crippen LogP contribution in [-0.4, -0.2) is 62.4 Å². The summed E-state index contributed by atoms with van der Waals surface area (Å²) in [6.07, 6.45) is 2.39. The molecule has 0 radical (unpaired) electrons. The first-order valence-electron chi connectivity index (χ1n) is 7.21. The van der Waals surface area contributed by atoms with E-state index in [1.165, 1.54) is 0 Å². The van der Waals surface area contributed by atoms with Crippen LogP contribution >= 0.6 is 0 Å². The van der Waals surface area contributed by atoms with Crippen LogP contribution in [-0.2, 0) is 14.3 Å². The molecule has 1 rings (SSSR count). The Bertz CT molecular complexity index is 263. The number of hydrogen-bond acceptors (Lipinski definition) is 4. The molecule has 1 N–H and O–H groups in total. The minimum absolute atomic E-state index is 0.0314. The quantitative estimate of drug-likeness (QED) is 0.703. The maximum absolute atomic E-state index is 11.5. The van der Waals surface area contributed by atoms with Gasteiger partial charge >= 0.3 is 0 Å². The second kappa shape index (κ2) is 8.51. The van der Waals surface area contributed by atoms with E-state index in [0.717, 1.165) is 39.0 Å². The number of amides is 1. The fraction of sp³-hybridized carbons (Fsp3) is 0.929. The van der Waals surface area contributed by atoms with E-state index in [1.807, 2.05) is 0 Å². The smallest absolute Gasteiger partial charge is 0.248 e. The van der Waals surface area contributed by atoms with Crippen LogP contribution in [0.3, 0.4) is 0 Å². The van der Waals surface area contributed by atoms with Gasteiger partial charge in [0.25, 0.3) is 0 Å². The van der Waals surface area contributed by atoms with Crippen molar-refractivity contribution in [2.24, 2.45) is 0 Å². The first kappa shape index (κ1) is 16.4. The van der Waals surface area contributed by atoms with E-state index < -0.39 is 0 Å². The van der Waals surface area contributed by atoms with Gasteiger partial charge in [-0.15, -0.1) is 0 Å². The van der Waals surface area contributed by atoms with Crippen molar-refractivity contribution in [2.45, 2.75) is 51.9 Å². The zero-order chi connectivity index (χ0) is 14.3. The van der Waals surface area contributed by atoms with Gasteiger partial charge in [0.05, 0.1) is 12.2 Å². The third-order valence-corrected chi connectivity index (χ3v) is 3.42. The standard InChI is InChI=1S/C14H28N2O3/c1-11-9-16(10-12(2)19-11)8-6-5-7-15-14(17)13(3)18-4/h11-13H,5-10H2,1-4H3,(H,15,17)/t11-,12-,13-/m0/s1. The van der Waals surface area contributed by atoms with Crippen LogP contribution in [0.1, 0.15) is 33.6 Å². The number of rotatable bonds is 7. The number of morpholine rings is 1. The van der Waals surface area contributed by atoms with Crippen LogP contribution in [0.4, 0.5) is 0 Å².